The van der Waals surface area contributed by atoms with Gasteiger partial charge in [-0.15, -0.1) is 0 Å². The molecule has 3 atom stereocenters. The lowest BCUT2D eigenvalue weighted by molar-refractivity contribution is -0.139. The minimum atomic E-state index is -0.589. The number of benzene rings is 2. The maximum atomic E-state index is 13.1. The fraction of sp³-hybridized carbons (Fsp3) is 0.448. The van der Waals surface area contributed by atoms with E-state index in [2.05, 4.69) is 13.8 Å². The third-order valence-electron chi connectivity index (χ3n) is 7.83. The smallest absolute Gasteiger partial charge is 0.316 e. The van der Waals surface area contributed by atoms with Crippen molar-refractivity contribution in [3.8, 4) is 5.75 Å². The van der Waals surface area contributed by atoms with E-state index in [4.69, 9.17) is 4.74 Å². The van der Waals surface area contributed by atoms with Crippen molar-refractivity contribution in [2.24, 2.45) is 17.8 Å². The molecule has 2 heterocycles. The van der Waals surface area contributed by atoms with E-state index in [9.17, 15) is 19.2 Å². The third kappa shape index (κ3) is 4.21. The fourth-order valence-electron chi connectivity index (χ4n) is 5.95. The second-order valence-electron chi connectivity index (χ2n) is 9.97. The van der Waals surface area contributed by atoms with Gasteiger partial charge in [0.25, 0.3) is 0 Å². The number of fused-ring (bicyclic) bond motifs is 1. The van der Waals surface area contributed by atoms with Crippen molar-refractivity contribution in [2.75, 3.05) is 16.3 Å². The molecule has 0 aromatic heterocycles. The Balaban J connectivity index is 1.32. The molecule has 1 aliphatic carbocycles. The van der Waals surface area contributed by atoms with Crippen LogP contribution in [0.5, 0.6) is 5.75 Å². The van der Waals surface area contributed by atoms with Gasteiger partial charge in [-0.2, -0.15) is 0 Å². The summed E-state index contributed by atoms with van der Waals surface area (Å²) in [4.78, 5) is 54.9. The van der Waals surface area contributed by atoms with E-state index in [1.165, 1.54) is 4.90 Å². The number of hydrogen-bond donors (Lipinski definition) is 0. The molecule has 188 valence electrons. The quantitative estimate of drug-likeness (QED) is 0.341. The summed E-state index contributed by atoms with van der Waals surface area (Å²) in [6.45, 7) is 4.39. The number of hydrogen-bond acceptors (Lipinski definition) is 5. The van der Waals surface area contributed by atoms with Crippen molar-refractivity contribution in [3.05, 3.63) is 53.6 Å². The molecular formula is C29H32N2O5. The second-order valence-corrected chi connectivity index (χ2v) is 9.97. The lowest BCUT2D eigenvalue weighted by atomic mass is 9.81. The summed E-state index contributed by atoms with van der Waals surface area (Å²) in [5.41, 5.74) is 3.52. The molecule has 0 unspecified atom stereocenters. The highest BCUT2D eigenvalue weighted by molar-refractivity contribution is 6.22. The number of para-hydroxylation sites is 1. The number of amides is 3. The van der Waals surface area contributed by atoms with Crippen molar-refractivity contribution in [3.63, 3.8) is 0 Å². The highest BCUT2D eigenvalue weighted by Crippen LogP contribution is 2.41. The molecule has 3 aliphatic rings. The van der Waals surface area contributed by atoms with Crippen LogP contribution in [0.3, 0.4) is 0 Å². The van der Waals surface area contributed by atoms with E-state index in [1.54, 1.807) is 29.2 Å². The predicted octanol–water partition coefficient (Wildman–Crippen LogP) is 4.45. The Labute approximate surface area is 211 Å². The first kappa shape index (κ1) is 24.2. The van der Waals surface area contributed by atoms with Crippen LogP contribution in [0.2, 0.25) is 0 Å². The molecule has 0 bridgehead atoms. The molecule has 2 aromatic rings. The summed E-state index contributed by atoms with van der Waals surface area (Å²) in [6.07, 6.45) is 5.10. The van der Waals surface area contributed by atoms with Crippen LogP contribution in [0.4, 0.5) is 11.4 Å². The van der Waals surface area contributed by atoms with Crippen LogP contribution < -0.4 is 14.5 Å². The van der Waals surface area contributed by atoms with E-state index >= 15 is 0 Å². The lowest BCUT2D eigenvalue weighted by Gasteiger charge is -2.23. The number of rotatable bonds is 6. The maximum Gasteiger partial charge on any atom is 0.316 e. The van der Waals surface area contributed by atoms with Gasteiger partial charge in [0.05, 0.1) is 23.4 Å². The molecule has 0 N–H and O–H groups in total. The fourth-order valence-corrected chi connectivity index (χ4v) is 5.95. The largest absolute Gasteiger partial charge is 0.426 e. The first-order chi connectivity index (χ1) is 17.4. The highest BCUT2D eigenvalue weighted by atomic mass is 16.5. The minimum Gasteiger partial charge on any atom is -0.426 e. The normalized spacial score (nSPS) is 23.8. The molecule has 2 saturated heterocycles. The Bertz CT molecular complexity index is 1180. The first-order valence-electron chi connectivity index (χ1n) is 13.0. The van der Waals surface area contributed by atoms with Crippen molar-refractivity contribution in [1.29, 1.82) is 0 Å². The van der Waals surface area contributed by atoms with Gasteiger partial charge in [-0.1, -0.05) is 51.0 Å². The highest BCUT2D eigenvalue weighted by Gasteiger charge is 2.48. The van der Waals surface area contributed by atoms with E-state index in [0.29, 0.717) is 5.69 Å². The van der Waals surface area contributed by atoms with Gasteiger partial charge < -0.3 is 9.64 Å². The number of nitrogens with zero attached hydrogens (tertiary/aromatic N) is 2. The van der Waals surface area contributed by atoms with Crippen molar-refractivity contribution < 1.29 is 23.9 Å². The average molecular weight is 489 g/mol. The Morgan fingerprint density at radius 1 is 0.917 bits per heavy atom. The van der Waals surface area contributed by atoms with Gasteiger partial charge in [0, 0.05) is 24.7 Å². The van der Waals surface area contributed by atoms with Gasteiger partial charge in [-0.3, -0.25) is 19.2 Å². The Hall–Kier alpha value is -3.48. The number of carbonyl (C=O) groups excluding carboxylic acids is 4. The molecule has 2 aromatic carbocycles. The van der Waals surface area contributed by atoms with Gasteiger partial charge in [-0.05, 0) is 48.9 Å². The van der Waals surface area contributed by atoms with Crippen LogP contribution in [-0.2, 0) is 32.0 Å². The zero-order valence-electron chi connectivity index (χ0n) is 20.9. The Kier molecular flexibility index (Phi) is 6.65. The van der Waals surface area contributed by atoms with E-state index in [1.807, 2.05) is 18.2 Å². The van der Waals surface area contributed by atoms with E-state index < -0.39 is 11.9 Å². The Morgan fingerprint density at radius 3 is 2.14 bits per heavy atom. The minimum absolute atomic E-state index is 0.0860. The van der Waals surface area contributed by atoms with Gasteiger partial charge in [0.2, 0.25) is 17.7 Å². The zero-order valence-corrected chi connectivity index (χ0v) is 20.9. The topological polar surface area (TPSA) is 84.0 Å². The maximum absolute atomic E-state index is 13.1. The van der Waals surface area contributed by atoms with Gasteiger partial charge >= 0.3 is 5.97 Å². The second kappa shape index (κ2) is 9.88. The molecule has 2 aliphatic heterocycles. The molecule has 5 rings (SSSR count). The predicted molar refractivity (Wildman–Crippen MR) is 136 cm³/mol. The summed E-state index contributed by atoms with van der Waals surface area (Å²) in [6, 6.07) is 12.6. The van der Waals surface area contributed by atoms with Crippen LogP contribution >= 0.6 is 0 Å². The summed E-state index contributed by atoms with van der Waals surface area (Å²) < 4.78 is 5.67. The number of ether oxygens (including phenoxy) is 1. The number of aryl methyl sites for hydroxylation is 2. The monoisotopic (exact) mass is 488 g/mol. The zero-order chi connectivity index (χ0) is 25.4. The molecular weight excluding hydrogens is 456 g/mol. The summed E-state index contributed by atoms with van der Waals surface area (Å²) >= 11 is 0. The van der Waals surface area contributed by atoms with Crippen LogP contribution in [0, 0.1) is 17.8 Å². The van der Waals surface area contributed by atoms with Crippen molar-refractivity contribution >= 4 is 35.1 Å². The average Bonchev–Trinajstić information content (AvgIpc) is 3.40. The van der Waals surface area contributed by atoms with Crippen LogP contribution in [0.25, 0.3) is 0 Å². The van der Waals surface area contributed by atoms with Crippen LogP contribution in [-0.4, -0.2) is 30.2 Å². The molecule has 0 radical (unpaired) electrons. The van der Waals surface area contributed by atoms with Crippen LogP contribution in [0.1, 0.15) is 57.1 Å². The van der Waals surface area contributed by atoms with E-state index in [0.717, 1.165) is 55.3 Å². The molecule has 3 fully saturated rings. The third-order valence-corrected chi connectivity index (χ3v) is 7.83. The molecule has 0 spiro atoms. The molecule has 7 nitrogen and oxygen atoms in total. The SMILES string of the molecule is CCc1cccc(CC)c1N1C[C@H](C(=O)Oc2cccc(N3C(=O)[C@H]4CCCC[C@H]4C3=O)c2)CC1=O. The molecule has 7 heteroatoms. The van der Waals surface area contributed by atoms with Crippen molar-refractivity contribution in [2.45, 2.75) is 58.8 Å². The summed E-state index contributed by atoms with van der Waals surface area (Å²) in [7, 11) is 0. The number of imide groups is 1. The first-order valence-corrected chi connectivity index (χ1v) is 13.0. The lowest BCUT2D eigenvalue weighted by Crippen LogP contribution is -2.31. The van der Waals surface area contributed by atoms with Crippen LogP contribution in [0.15, 0.2) is 42.5 Å². The van der Waals surface area contributed by atoms with Gasteiger partial charge in [0.15, 0.2) is 0 Å². The van der Waals surface area contributed by atoms with Gasteiger partial charge in [0.1, 0.15) is 5.75 Å². The number of esters is 1. The molecule has 3 amide bonds. The summed E-state index contributed by atoms with van der Waals surface area (Å²) in [5.74, 6) is -1.70. The number of anilines is 2. The van der Waals surface area contributed by atoms with Gasteiger partial charge in [-0.25, -0.2) is 4.90 Å². The molecule has 1 saturated carbocycles. The summed E-state index contributed by atoms with van der Waals surface area (Å²) in [5, 5.41) is 0. The number of carbonyl (C=O) groups is 4. The molecule has 36 heavy (non-hydrogen) atoms. The Morgan fingerprint density at radius 2 is 1.53 bits per heavy atom. The standard InChI is InChI=1S/C29H32N2O5/c1-3-18-9-7-10-19(4-2)26(18)30-17-20(15-25(30)32)29(35)36-22-12-8-11-21(16-22)31-27(33)23-13-5-6-14-24(23)28(31)34/h7-12,16,20,23-24H,3-6,13-15,17H2,1-2H3/t20-,23-,24+/m1/s1. The van der Waals surface area contributed by atoms with Crippen molar-refractivity contribution in [1.82, 2.24) is 0 Å². The van der Waals surface area contributed by atoms with E-state index in [-0.39, 0.29) is 48.3 Å².